The van der Waals surface area contributed by atoms with Crippen LogP contribution in [0.4, 0.5) is 0 Å². The quantitative estimate of drug-likeness (QED) is 0.350. The third-order valence-corrected chi connectivity index (χ3v) is 8.80. The molecule has 2 heterocycles. The zero-order valence-corrected chi connectivity index (χ0v) is 23.1. The lowest BCUT2D eigenvalue weighted by Gasteiger charge is -2.27. The molecule has 1 amide bonds. The van der Waals surface area contributed by atoms with E-state index in [-0.39, 0.29) is 11.8 Å². The van der Waals surface area contributed by atoms with Gasteiger partial charge in [-0.25, -0.2) is 4.98 Å². The number of aryl methyl sites for hydroxylation is 2. The molecule has 1 saturated heterocycles. The lowest BCUT2D eigenvalue weighted by Crippen LogP contribution is -2.35. The van der Waals surface area contributed by atoms with Crippen LogP contribution >= 0.6 is 11.3 Å². The number of hydrogen-bond donors (Lipinski definition) is 1. The van der Waals surface area contributed by atoms with Crippen molar-refractivity contribution in [3.8, 4) is 17.0 Å². The first kappa shape index (κ1) is 26.4. The molecule has 6 nitrogen and oxygen atoms in total. The van der Waals surface area contributed by atoms with Gasteiger partial charge in [0.05, 0.1) is 16.6 Å². The lowest BCUT2D eigenvalue weighted by molar-refractivity contribution is -0.141. The zero-order chi connectivity index (χ0) is 26.6. The smallest absolute Gasteiger partial charge is 0.306 e. The number of ether oxygens (including phenoxy) is 1. The Morgan fingerprint density at radius 1 is 1.08 bits per heavy atom. The van der Waals surface area contributed by atoms with E-state index in [4.69, 9.17) is 9.72 Å². The summed E-state index contributed by atoms with van der Waals surface area (Å²) < 4.78 is 6.32. The van der Waals surface area contributed by atoms with E-state index in [1.807, 2.05) is 42.2 Å². The number of amides is 1. The molecule has 5 rings (SSSR count). The van der Waals surface area contributed by atoms with Crippen molar-refractivity contribution < 1.29 is 19.4 Å². The molecule has 0 unspecified atom stereocenters. The first-order valence-corrected chi connectivity index (χ1v) is 14.5. The van der Waals surface area contributed by atoms with Gasteiger partial charge in [0.1, 0.15) is 12.4 Å². The molecule has 1 aromatic heterocycles. The highest BCUT2D eigenvalue weighted by Crippen LogP contribution is 2.36. The van der Waals surface area contributed by atoms with Crippen LogP contribution in [0.25, 0.3) is 11.3 Å². The Kier molecular flexibility index (Phi) is 8.12. The van der Waals surface area contributed by atoms with Crippen molar-refractivity contribution in [3.05, 3.63) is 69.0 Å². The molecule has 2 fully saturated rings. The number of aliphatic carboxylic acids is 1. The summed E-state index contributed by atoms with van der Waals surface area (Å²) >= 11 is 1.64. The number of rotatable bonds is 8. The molecule has 1 aliphatic carbocycles. The number of carbonyl (C=O) groups excluding carboxylic acids is 1. The van der Waals surface area contributed by atoms with E-state index in [9.17, 15) is 14.7 Å². The normalized spacial score (nSPS) is 19.5. The number of thiazole rings is 1. The number of carboxylic acid groups (broad SMARTS) is 1. The molecule has 200 valence electrons. The van der Waals surface area contributed by atoms with Crippen molar-refractivity contribution >= 4 is 23.2 Å². The van der Waals surface area contributed by atoms with Crippen LogP contribution < -0.4 is 4.74 Å². The molecule has 1 N–H and O–H groups in total. The Morgan fingerprint density at radius 2 is 1.89 bits per heavy atom. The van der Waals surface area contributed by atoms with Gasteiger partial charge in [-0.2, -0.15) is 0 Å². The monoisotopic (exact) mass is 532 g/mol. The van der Waals surface area contributed by atoms with Crippen LogP contribution in [0.2, 0.25) is 0 Å². The van der Waals surface area contributed by atoms with Crippen molar-refractivity contribution in [1.82, 2.24) is 9.88 Å². The van der Waals surface area contributed by atoms with Crippen molar-refractivity contribution in [2.45, 2.75) is 65.4 Å². The first-order chi connectivity index (χ1) is 18.4. The van der Waals surface area contributed by atoms with Crippen LogP contribution in [0.3, 0.4) is 0 Å². The molecule has 1 saturated carbocycles. The summed E-state index contributed by atoms with van der Waals surface area (Å²) in [6.07, 6.45) is 6.66. The number of carbonyl (C=O) groups is 2. The summed E-state index contributed by atoms with van der Waals surface area (Å²) in [4.78, 5) is 31.1. The first-order valence-electron chi connectivity index (χ1n) is 13.7. The minimum absolute atomic E-state index is 0.122. The third kappa shape index (κ3) is 6.09. The van der Waals surface area contributed by atoms with Gasteiger partial charge in [-0.05, 0) is 93.7 Å². The highest BCUT2D eigenvalue weighted by Gasteiger charge is 2.30. The number of benzene rings is 2. The van der Waals surface area contributed by atoms with Gasteiger partial charge in [0.15, 0.2) is 0 Å². The highest BCUT2D eigenvalue weighted by atomic mass is 32.1. The van der Waals surface area contributed by atoms with Crippen molar-refractivity contribution in [3.63, 3.8) is 0 Å². The summed E-state index contributed by atoms with van der Waals surface area (Å²) in [7, 11) is 0. The van der Waals surface area contributed by atoms with Crippen molar-refractivity contribution in [1.29, 1.82) is 0 Å². The SMILES string of the molecule is Cc1ccc(OCc2ccc(C(=O)N3CCCCC3)cc2C)c(-c2csc(C[C@H]3CC[C@@H](C(=O)O)C3)n2)c1. The van der Waals surface area contributed by atoms with Crippen molar-refractivity contribution in [2.75, 3.05) is 13.1 Å². The van der Waals surface area contributed by atoms with Crippen LogP contribution in [0.15, 0.2) is 41.8 Å². The largest absolute Gasteiger partial charge is 0.488 e. The molecule has 0 bridgehead atoms. The predicted octanol–water partition coefficient (Wildman–Crippen LogP) is 6.68. The maximum absolute atomic E-state index is 12.9. The summed E-state index contributed by atoms with van der Waals surface area (Å²) in [5.74, 6) is 0.406. The molecule has 2 aromatic carbocycles. The summed E-state index contributed by atoms with van der Waals surface area (Å²) in [6, 6.07) is 12.1. The van der Waals surface area contributed by atoms with Crippen LogP contribution in [0.1, 0.15) is 70.6 Å². The fraction of sp³-hybridized carbons (Fsp3) is 0.452. The fourth-order valence-corrected chi connectivity index (χ4v) is 6.57. The minimum atomic E-state index is -0.674. The molecule has 1 aliphatic heterocycles. The summed E-state index contributed by atoms with van der Waals surface area (Å²) in [6.45, 7) is 6.21. The molecule has 0 spiro atoms. The van der Waals surface area contributed by atoms with E-state index in [0.29, 0.717) is 12.5 Å². The Hall–Kier alpha value is -3.19. The Balaban J connectivity index is 1.26. The Morgan fingerprint density at radius 3 is 2.63 bits per heavy atom. The van der Waals surface area contributed by atoms with E-state index in [2.05, 4.69) is 18.4 Å². The number of piperidine rings is 1. The second kappa shape index (κ2) is 11.7. The van der Waals surface area contributed by atoms with Gasteiger partial charge in [0, 0.05) is 36.0 Å². The van der Waals surface area contributed by atoms with E-state index >= 15 is 0 Å². The molecule has 2 aliphatic rings. The fourth-order valence-electron chi connectivity index (χ4n) is 5.66. The number of nitrogens with zero attached hydrogens (tertiary/aromatic N) is 2. The molecule has 38 heavy (non-hydrogen) atoms. The van der Waals surface area contributed by atoms with Crippen molar-refractivity contribution in [2.24, 2.45) is 11.8 Å². The Bertz CT molecular complexity index is 1310. The zero-order valence-electron chi connectivity index (χ0n) is 22.2. The molecule has 3 aromatic rings. The Labute approximate surface area is 228 Å². The molecular formula is C31H36N2O4S. The average Bonchev–Trinajstić information content (AvgIpc) is 3.59. The van der Waals surface area contributed by atoms with Gasteiger partial charge < -0.3 is 14.7 Å². The molecule has 2 atom stereocenters. The number of likely N-dealkylation sites (tertiary alicyclic amines) is 1. The minimum Gasteiger partial charge on any atom is -0.488 e. The van der Waals surface area contributed by atoms with Crippen LogP contribution in [-0.2, 0) is 17.8 Å². The second-order valence-corrected chi connectivity index (χ2v) is 11.8. The lowest BCUT2D eigenvalue weighted by atomic mass is 10.0. The summed E-state index contributed by atoms with van der Waals surface area (Å²) in [5, 5.41) is 12.4. The van der Waals surface area contributed by atoms with E-state index in [1.54, 1.807) is 11.3 Å². The highest BCUT2D eigenvalue weighted by molar-refractivity contribution is 7.09. The van der Waals surface area contributed by atoms with E-state index < -0.39 is 5.97 Å². The van der Waals surface area contributed by atoms with Gasteiger partial charge in [-0.3, -0.25) is 9.59 Å². The van der Waals surface area contributed by atoms with Gasteiger partial charge in [0.2, 0.25) is 0 Å². The maximum atomic E-state index is 12.9. The predicted molar refractivity (Wildman–Crippen MR) is 150 cm³/mol. The van der Waals surface area contributed by atoms with Crippen LogP contribution in [0.5, 0.6) is 5.75 Å². The van der Waals surface area contributed by atoms with Gasteiger partial charge >= 0.3 is 5.97 Å². The number of hydrogen-bond acceptors (Lipinski definition) is 5. The van der Waals surface area contributed by atoms with Gasteiger partial charge in [-0.15, -0.1) is 11.3 Å². The maximum Gasteiger partial charge on any atom is 0.306 e. The topological polar surface area (TPSA) is 79.7 Å². The van der Waals surface area contributed by atoms with Gasteiger partial charge in [0.25, 0.3) is 5.91 Å². The number of carboxylic acids is 1. The van der Waals surface area contributed by atoms with Gasteiger partial charge in [-0.1, -0.05) is 17.7 Å². The second-order valence-electron chi connectivity index (χ2n) is 10.8. The standard InChI is InChI=1S/C31H36N2O4S/c1-20-6-11-28(26(14-20)27-19-38-29(32-27)17-22-7-8-24(16-22)31(35)36)37-18-25-10-9-23(15-21(25)2)30(34)33-12-4-3-5-13-33/h6,9-11,14-15,19,22,24H,3-5,7-8,12-13,16-18H2,1-2H3,(H,35,36)/t22-,24+/m0/s1. The van der Waals surface area contributed by atoms with Crippen LogP contribution in [0, 0.1) is 25.7 Å². The summed E-state index contributed by atoms with van der Waals surface area (Å²) in [5.41, 5.74) is 5.86. The average molecular weight is 533 g/mol. The van der Waals surface area contributed by atoms with E-state index in [0.717, 1.165) is 95.9 Å². The molecule has 7 heteroatoms. The molecular weight excluding hydrogens is 496 g/mol. The van der Waals surface area contributed by atoms with Crippen LogP contribution in [-0.4, -0.2) is 40.0 Å². The van der Waals surface area contributed by atoms with E-state index in [1.165, 1.54) is 6.42 Å². The molecule has 0 radical (unpaired) electrons. The third-order valence-electron chi connectivity index (χ3n) is 7.93. The number of aromatic nitrogens is 1.